The zero-order valence-corrected chi connectivity index (χ0v) is 10.2. The number of rotatable bonds is 5. The molecule has 0 spiro atoms. The van der Waals surface area contributed by atoms with Crippen LogP contribution in [0.3, 0.4) is 0 Å². The van der Waals surface area contributed by atoms with Crippen LogP contribution in [-0.4, -0.2) is 18.0 Å². The number of carbonyl (C=O) groups excluding carboxylic acids is 1. The van der Waals surface area contributed by atoms with Crippen molar-refractivity contribution in [2.24, 2.45) is 5.73 Å². The summed E-state index contributed by atoms with van der Waals surface area (Å²) in [5, 5.41) is 3.29. The molecule has 86 valence electrons. The molecular weight excluding hydrogens is 272 g/mol. The number of nitrogens with two attached hydrogens (primary N) is 1. The Morgan fingerprint density at radius 1 is 1.38 bits per heavy atom. The molecule has 0 saturated carbocycles. The van der Waals surface area contributed by atoms with Crippen molar-refractivity contribution < 1.29 is 9.53 Å². The molecule has 0 aliphatic heterocycles. The summed E-state index contributed by atoms with van der Waals surface area (Å²) in [5.41, 5.74) is 5.63. The van der Waals surface area contributed by atoms with Gasteiger partial charge in [0.2, 0.25) is 0 Å². The van der Waals surface area contributed by atoms with Crippen LogP contribution < -0.4 is 15.8 Å². The van der Waals surface area contributed by atoms with E-state index in [-0.39, 0.29) is 0 Å². The van der Waals surface area contributed by atoms with E-state index >= 15 is 0 Å². The number of halogens is 1. The summed E-state index contributed by atoms with van der Waals surface area (Å²) in [6, 6.07) is 6.43. The van der Waals surface area contributed by atoms with E-state index in [9.17, 15) is 4.79 Å². The molecule has 0 saturated heterocycles. The van der Waals surface area contributed by atoms with E-state index in [1.165, 1.54) is 0 Å². The molecule has 3 N–H and O–H groups in total. The van der Waals surface area contributed by atoms with Gasteiger partial charge >= 0.3 is 6.03 Å². The van der Waals surface area contributed by atoms with Crippen LogP contribution in [0.2, 0.25) is 0 Å². The van der Waals surface area contributed by atoms with E-state index in [2.05, 4.69) is 21.2 Å². The number of amides is 2. The number of urea groups is 1. The second kappa shape index (κ2) is 6.90. The molecule has 0 atom stereocenters. The van der Waals surface area contributed by atoms with Gasteiger partial charge in [-0.15, -0.1) is 0 Å². The number of nitrogens with one attached hydrogen (secondary N) is 1. The van der Waals surface area contributed by atoms with Gasteiger partial charge in [0, 0.05) is 11.0 Å². The van der Waals surface area contributed by atoms with Gasteiger partial charge in [0.05, 0.1) is 0 Å². The Morgan fingerprint density at radius 3 is 2.62 bits per heavy atom. The number of benzene rings is 1. The quantitative estimate of drug-likeness (QED) is 0.645. The normalized spacial score (nSPS) is 10.3. The number of primary amides is 1. The average Bonchev–Trinajstić information content (AvgIpc) is 2.26. The molecule has 0 bridgehead atoms. The Balaban J connectivity index is 2.45. The Morgan fingerprint density at radius 2 is 2.06 bits per heavy atom. The Kier molecular flexibility index (Phi) is 5.42. The van der Waals surface area contributed by atoms with E-state index in [0.29, 0.717) is 12.3 Å². The minimum Gasteiger partial charge on any atom is -0.490 e. The first-order valence-electron chi connectivity index (χ1n) is 4.72. The maximum atomic E-state index is 10.6. The van der Waals surface area contributed by atoms with Gasteiger partial charge < -0.3 is 15.8 Å². The molecule has 0 aromatic heterocycles. The van der Waals surface area contributed by atoms with Crippen LogP contribution >= 0.6 is 15.9 Å². The Hall–Kier alpha value is -1.49. The third-order valence-corrected chi connectivity index (χ3v) is 2.10. The number of hydrogen-bond acceptors (Lipinski definition) is 2. The fourth-order valence-electron chi connectivity index (χ4n) is 1.05. The smallest absolute Gasteiger partial charge is 0.316 e. The van der Waals surface area contributed by atoms with Crippen LogP contribution in [0, 0.1) is 0 Å². The minimum atomic E-state index is -0.575. The standard InChI is InChI=1S/C11H13BrN2O2/c12-7-1-2-8-16-10-5-3-9(4-6-10)14-11(13)15/h1-6H,7-8H2,(H3,13,14,15)/b2-1+. The summed E-state index contributed by atoms with van der Waals surface area (Å²) < 4.78 is 5.42. The lowest BCUT2D eigenvalue weighted by Crippen LogP contribution is -2.19. The third-order valence-electron chi connectivity index (χ3n) is 1.72. The molecule has 5 heteroatoms. The van der Waals surface area contributed by atoms with Crippen molar-refractivity contribution >= 4 is 27.6 Å². The van der Waals surface area contributed by atoms with Gasteiger partial charge in [-0.1, -0.05) is 28.1 Å². The highest BCUT2D eigenvalue weighted by Gasteiger charge is 1.96. The molecule has 0 unspecified atom stereocenters. The molecule has 1 aromatic rings. The van der Waals surface area contributed by atoms with Crippen LogP contribution in [-0.2, 0) is 0 Å². The third kappa shape index (κ3) is 4.84. The molecule has 0 radical (unpaired) electrons. The second-order valence-corrected chi connectivity index (χ2v) is 3.60. The van der Waals surface area contributed by atoms with Crippen molar-refractivity contribution in [3.05, 3.63) is 36.4 Å². The first kappa shape index (κ1) is 12.6. The summed E-state index contributed by atoms with van der Waals surface area (Å²) in [5.74, 6) is 0.745. The van der Waals surface area contributed by atoms with Crippen molar-refractivity contribution in [2.75, 3.05) is 17.3 Å². The fourth-order valence-corrected chi connectivity index (χ4v) is 1.32. The summed E-state index contributed by atoms with van der Waals surface area (Å²) in [6.07, 6.45) is 3.88. The SMILES string of the molecule is NC(=O)Nc1ccc(OC/C=C/CBr)cc1. The molecule has 1 rings (SSSR count). The topological polar surface area (TPSA) is 64.4 Å². The van der Waals surface area contributed by atoms with Gasteiger partial charge in [0.15, 0.2) is 0 Å². The number of alkyl halides is 1. The zero-order valence-electron chi connectivity index (χ0n) is 8.65. The molecule has 0 fully saturated rings. The fraction of sp³-hybridized carbons (Fsp3) is 0.182. The number of hydrogen-bond donors (Lipinski definition) is 2. The minimum absolute atomic E-state index is 0.522. The summed E-state index contributed by atoms with van der Waals surface area (Å²) in [6.45, 7) is 0.522. The molecule has 2 amide bonds. The molecule has 0 heterocycles. The van der Waals surface area contributed by atoms with Crippen molar-refractivity contribution in [2.45, 2.75) is 0 Å². The maximum absolute atomic E-state index is 10.6. The van der Waals surface area contributed by atoms with Gasteiger partial charge in [-0.2, -0.15) is 0 Å². The molecule has 16 heavy (non-hydrogen) atoms. The molecule has 1 aromatic carbocycles. The number of allylic oxidation sites excluding steroid dienone is 1. The van der Waals surface area contributed by atoms with Gasteiger partial charge in [-0.05, 0) is 24.3 Å². The van der Waals surface area contributed by atoms with Crippen LogP contribution in [0.15, 0.2) is 36.4 Å². The van der Waals surface area contributed by atoms with Crippen LogP contribution in [0.5, 0.6) is 5.75 Å². The summed E-state index contributed by atoms with van der Waals surface area (Å²) >= 11 is 3.27. The van der Waals surface area contributed by atoms with E-state index in [1.54, 1.807) is 24.3 Å². The largest absolute Gasteiger partial charge is 0.490 e. The average molecular weight is 285 g/mol. The monoisotopic (exact) mass is 284 g/mol. The lowest BCUT2D eigenvalue weighted by molar-refractivity contribution is 0.259. The highest BCUT2D eigenvalue weighted by molar-refractivity contribution is 9.09. The van der Waals surface area contributed by atoms with Crippen LogP contribution in [0.1, 0.15) is 0 Å². The number of ether oxygens (including phenoxy) is 1. The van der Waals surface area contributed by atoms with E-state index in [0.717, 1.165) is 11.1 Å². The first-order chi connectivity index (χ1) is 7.72. The van der Waals surface area contributed by atoms with Crippen molar-refractivity contribution in [3.63, 3.8) is 0 Å². The lowest BCUT2D eigenvalue weighted by atomic mass is 10.3. The number of anilines is 1. The van der Waals surface area contributed by atoms with Gasteiger partial charge in [-0.3, -0.25) is 0 Å². The van der Waals surface area contributed by atoms with Crippen molar-refractivity contribution in [1.29, 1.82) is 0 Å². The second-order valence-electron chi connectivity index (χ2n) is 2.95. The molecule has 0 aliphatic rings. The summed E-state index contributed by atoms with van der Waals surface area (Å²) in [7, 11) is 0. The van der Waals surface area contributed by atoms with E-state index in [1.807, 2.05) is 12.2 Å². The van der Waals surface area contributed by atoms with Gasteiger partial charge in [0.25, 0.3) is 0 Å². The van der Waals surface area contributed by atoms with Crippen molar-refractivity contribution in [1.82, 2.24) is 0 Å². The Labute approximate surface area is 103 Å². The zero-order chi connectivity index (χ0) is 11.8. The van der Waals surface area contributed by atoms with E-state index < -0.39 is 6.03 Å². The maximum Gasteiger partial charge on any atom is 0.316 e. The van der Waals surface area contributed by atoms with Crippen molar-refractivity contribution in [3.8, 4) is 5.75 Å². The van der Waals surface area contributed by atoms with E-state index in [4.69, 9.17) is 10.5 Å². The highest BCUT2D eigenvalue weighted by Crippen LogP contribution is 2.15. The van der Waals surface area contributed by atoms with Gasteiger partial charge in [0.1, 0.15) is 12.4 Å². The highest BCUT2D eigenvalue weighted by atomic mass is 79.9. The van der Waals surface area contributed by atoms with Gasteiger partial charge in [-0.25, -0.2) is 4.79 Å². The van der Waals surface area contributed by atoms with Crippen LogP contribution in [0.4, 0.5) is 10.5 Å². The predicted molar refractivity (Wildman–Crippen MR) is 68.1 cm³/mol. The molecule has 4 nitrogen and oxygen atoms in total. The molecule has 0 aliphatic carbocycles. The number of carbonyl (C=O) groups is 1. The Bertz CT molecular complexity index is 363. The predicted octanol–water partition coefficient (Wildman–Crippen LogP) is 2.51. The molecular formula is C11H13BrN2O2. The first-order valence-corrected chi connectivity index (χ1v) is 5.85. The lowest BCUT2D eigenvalue weighted by Gasteiger charge is -2.05. The van der Waals surface area contributed by atoms with Crippen LogP contribution in [0.25, 0.3) is 0 Å². The summed E-state index contributed by atoms with van der Waals surface area (Å²) in [4.78, 5) is 10.6.